The van der Waals surface area contributed by atoms with Crippen LogP contribution in [0.15, 0.2) is 91.0 Å². The molecule has 0 nitrogen and oxygen atoms in total. The third kappa shape index (κ3) is 16.2. The van der Waals surface area contributed by atoms with Crippen LogP contribution in [0, 0.1) is 0 Å². The zero-order chi connectivity index (χ0) is 27.0. The van der Waals surface area contributed by atoms with Gasteiger partial charge in [0, 0.05) is 0 Å². The van der Waals surface area contributed by atoms with Crippen molar-refractivity contribution in [2.45, 2.75) is 41.5 Å². The third-order valence-corrected chi connectivity index (χ3v) is 13.3. The van der Waals surface area contributed by atoms with Gasteiger partial charge in [-0.3, -0.25) is 0 Å². The topological polar surface area (TPSA) is 0 Å². The molecule has 0 radical (unpaired) electrons. The Morgan fingerprint density at radius 2 is 0.583 bits per heavy atom. The van der Waals surface area contributed by atoms with Gasteiger partial charge in [-0.2, -0.15) is 0 Å². The predicted molar refractivity (Wildman–Crippen MR) is 174 cm³/mol. The van der Waals surface area contributed by atoms with Gasteiger partial charge in [-0.05, 0) is 52.9 Å². The number of benzene rings is 3. The van der Waals surface area contributed by atoms with Gasteiger partial charge in [0.1, 0.15) is 0 Å². The molecule has 0 aliphatic carbocycles. The average Bonchev–Trinajstić information content (AvgIpc) is 2.94. The van der Waals surface area contributed by atoms with Crippen molar-refractivity contribution in [3.63, 3.8) is 0 Å². The number of hydrogen-bond acceptors (Lipinski definition) is 0. The summed E-state index contributed by atoms with van der Waals surface area (Å²) in [5, 5.41) is 4.65. The van der Waals surface area contributed by atoms with Gasteiger partial charge in [-0.1, -0.05) is 156 Å². The Morgan fingerprint density at radius 1 is 0.417 bits per heavy atom. The van der Waals surface area contributed by atoms with Gasteiger partial charge >= 0.3 is 34.5 Å². The van der Waals surface area contributed by atoms with Crippen molar-refractivity contribution in [2.75, 3.05) is 37.0 Å². The molecule has 0 bridgehead atoms. The maximum atomic E-state index is 4.85. The van der Waals surface area contributed by atoms with Crippen LogP contribution in [0.5, 0.6) is 0 Å². The first kappa shape index (κ1) is 36.2. The Kier molecular flexibility index (Phi) is 25.5. The fourth-order valence-electron chi connectivity index (χ4n) is 3.68. The molecule has 0 unspecified atom stereocenters. The number of rotatable bonds is 9. The first-order valence-electron chi connectivity index (χ1n) is 12.8. The van der Waals surface area contributed by atoms with Crippen LogP contribution in [-0.2, 0) is 15.1 Å². The van der Waals surface area contributed by atoms with Crippen molar-refractivity contribution in [1.29, 1.82) is 0 Å². The van der Waals surface area contributed by atoms with Gasteiger partial charge in [0.25, 0.3) is 0 Å². The van der Waals surface area contributed by atoms with E-state index in [9.17, 15) is 0 Å². The standard InChI is InChI=1S/3C10H15P.2ClH.Ru/c3*1-3-11(4-2)10-8-6-5-7-9-10;;;/h3*5-9H,3-4H2,1-2H3;2*1H;/q;;;;;+2/p-2. The van der Waals surface area contributed by atoms with Crippen LogP contribution in [0.4, 0.5) is 0 Å². The molecule has 0 heterocycles. The molecule has 0 aliphatic heterocycles. The van der Waals surface area contributed by atoms with E-state index in [-0.39, 0.29) is 38.9 Å². The Morgan fingerprint density at radius 3 is 0.722 bits per heavy atom. The van der Waals surface area contributed by atoms with Gasteiger partial charge in [0.15, 0.2) is 0 Å². The van der Waals surface area contributed by atoms with E-state index in [1.54, 1.807) is 15.9 Å². The van der Waals surface area contributed by atoms with Crippen LogP contribution >= 0.6 is 43.1 Å². The zero-order valence-corrected chi connectivity index (χ0v) is 28.8. The van der Waals surface area contributed by atoms with Crippen LogP contribution < -0.4 is 15.9 Å². The number of halogens is 2. The molecule has 0 amide bonds. The van der Waals surface area contributed by atoms with E-state index in [4.69, 9.17) is 19.4 Å². The summed E-state index contributed by atoms with van der Waals surface area (Å²) in [5.41, 5.74) is 0. The first-order chi connectivity index (χ1) is 17.6. The van der Waals surface area contributed by atoms with Gasteiger partial charge in [-0.15, -0.1) is 0 Å². The molecule has 0 fully saturated rings. The van der Waals surface area contributed by atoms with Gasteiger partial charge in [-0.25, -0.2) is 0 Å². The molecule has 0 N–H and O–H groups in total. The fraction of sp³-hybridized carbons (Fsp3) is 0.400. The molecule has 202 valence electrons. The Hall–Kier alpha value is 0.153. The monoisotopic (exact) mass is 670 g/mol. The Bertz CT molecular complexity index is 714. The van der Waals surface area contributed by atoms with Crippen LogP contribution in [0.1, 0.15) is 41.5 Å². The van der Waals surface area contributed by atoms with E-state index < -0.39 is 0 Å². The molecule has 6 heteroatoms. The van der Waals surface area contributed by atoms with Crippen molar-refractivity contribution >= 4 is 59.1 Å². The predicted octanol–water partition coefficient (Wildman–Crippen LogP) is 9.88. The molecule has 0 aromatic heterocycles. The summed E-state index contributed by atoms with van der Waals surface area (Å²) in [7, 11) is 10.2. The van der Waals surface area contributed by atoms with Crippen LogP contribution in [-0.4, -0.2) is 37.0 Å². The molecular weight excluding hydrogens is 625 g/mol. The van der Waals surface area contributed by atoms with E-state index in [1.165, 1.54) is 37.0 Å². The third-order valence-electron chi connectivity index (χ3n) is 5.65. The number of hydrogen-bond donors (Lipinski definition) is 0. The normalized spacial score (nSPS) is 10.2. The molecule has 0 saturated heterocycles. The van der Waals surface area contributed by atoms with Crippen LogP contribution in [0.2, 0.25) is 0 Å². The molecule has 0 spiro atoms. The first-order valence-corrected chi connectivity index (χ1v) is 22.4. The second-order valence-electron chi connectivity index (χ2n) is 7.57. The molecule has 0 aliphatic rings. The minimum absolute atomic E-state index is 0.149. The average molecular weight is 671 g/mol. The van der Waals surface area contributed by atoms with Crippen molar-refractivity contribution in [3.05, 3.63) is 91.0 Å². The van der Waals surface area contributed by atoms with Crippen molar-refractivity contribution < 1.29 is 15.1 Å². The van der Waals surface area contributed by atoms with Crippen LogP contribution in [0.25, 0.3) is 0 Å². The molecule has 3 aromatic rings. The minimum atomic E-state index is -0.346. The van der Waals surface area contributed by atoms with Crippen molar-refractivity contribution in [1.82, 2.24) is 0 Å². The fourth-order valence-corrected chi connectivity index (χ4v) is 9.00. The quantitative estimate of drug-likeness (QED) is 0.157. The summed E-state index contributed by atoms with van der Waals surface area (Å²) >= 11 is -0.346. The zero-order valence-electron chi connectivity index (χ0n) is 22.9. The summed E-state index contributed by atoms with van der Waals surface area (Å²) in [6.07, 6.45) is 7.89. The molecule has 36 heavy (non-hydrogen) atoms. The molecule has 0 saturated carbocycles. The van der Waals surface area contributed by atoms with E-state index in [2.05, 4.69) is 133 Å². The second kappa shape index (κ2) is 25.4. The summed E-state index contributed by atoms with van der Waals surface area (Å²) in [6.45, 7) is 13.7. The van der Waals surface area contributed by atoms with E-state index in [0.717, 1.165) is 0 Å². The molecule has 0 atom stereocenters. The summed E-state index contributed by atoms with van der Waals surface area (Å²) in [6, 6.07) is 32.6. The summed E-state index contributed by atoms with van der Waals surface area (Å²) < 4.78 is 0. The Balaban J connectivity index is 0.000000483. The van der Waals surface area contributed by atoms with Gasteiger partial charge < -0.3 is 0 Å². The summed E-state index contributed by atoms with van der Waals surface area (Å²) in [5.74, 6) is 0. The molecule has 3 rings (SSSR count). The maximum absolute atomic E-state index is 4.85. The van der Waals surface area contributed by atoms with Crippen molar-refractivity contribution in [2.24, 2.45) is 0 Å². The van der Waals surface area contributed by atoms with Crippen molar-refractivity contribution in [3.8, 4) is 0 Å². The van der Waals surface area contributed by atoms with Gasteiger partial charge in [0.05, 0.1) is 0 Å². The van der Waals surface area contributed by atoms with Gasteiger partial charge in [0.2, 0.25) is 0 Å². The Labute approximate surface area is 242 Å². The van der Waals surface area contributed by atoms with E-state index in [0.29, 0.717) is 0 Å². The van der Waals surface area contributed by atoms with Crippen LogP contribution in [0.3, 0.4) is 0 Å². The van der Waals surface area contributed by atoms with E-state index >= 15 is 0 Å². The SMILES string of the molecule is CCP(CC)c1ccccc1.CCP(CC)c1ccccc1.CCP(CC)c1ccccc1.[Cl][Ru][Cl]. The van der Waals surface area contributed by atoms with E-state index in [1.807, 2.05) is 0 Å². The molecular formula is C30H45Cl2P3Ru. The molecule has 3 aromatic carbocycles. The summed E-state index contributed by atoms with van der Waals surface area (Å²) in [4.78, 5) is 0. The second-order valence-corrected chi connectivity index (χ2v) is 18.8.